The average molecular weight is 229 g/mol. The van der Waals surface area contributed by atoms with Crippen LogP contribution in [0.3, 0.4) is 0 Å². The Morgan fingerprint density at radius 2 is 2.00 bits per heavy atom. The number of rotatable bonds is 2. The maximum absolute atomic E-state index is 9.13. The fourth-order valence-corrected chi connectivity index (χ4v) is 2.38. The Morgan fingerprint density at radius 1 is 1.24 bits per heavy atom. The van der Waals surface area contributed by atoms with Crippen LogP contribution >= 0.6 is 0 Å². The maximum Gasteiger partial charge on any atom is 0.122 e. The minimum absolute atomic E-state index is 0.0589. The fraction of sp³-hybridized carbons (Fsp3) is 0.533. The van der Waals surface area contributed by atoms with Crippen LogP contribution in [0, 0.1) is 31.1 Å². The maximum atomic E-state index is 9.13. The lowest BCUT2D eigenvalue weighted by Gasteiger charge is -2.28. The molecule has 0 bridgehead atoms. The Bertz CT molecular complexity index is 433. The Hall–Kier alpha value is -1.49. The van der Waals surface area contributed by atoms with Gasteiger partial charge >= 0.3 is 0 Å². The summed E-state index contributed by atoms with van der Waals surface area (Å²) in [5.74, 6) is 1.00. The van der Waals surface area contributed by atoms with Crippen molar-refractivity contribution < 1.29 is 4.74 Å². The van der Waals surface area contributed by atoms with Gasteiger partial charge in [0, 0.05) is 0 Å². The van der Waals surface area contributed by atoms with Gasteiger partial charge in [-0.2, -0.15) is 5.26 Å². The summed E-state index contributed by atoms with van der Waals surface area (Å²) in [7, 11) is 0. The van der Waals surface area contributed by atoms with E-state index in [0.717, 1.165) is 30.6 Å². The molecule has 0 spiro atoms. The van der Waals surface area contributed by atoms with Crippen molar-refractivity contribution in [2.75, 3.05) is 0 Å². The van der Waals surface area contributed by atoms with Gasteiger partial charge in [-0.1, -0.05) is 18.6 Å². The third kappa shape index (κ3) is 2.79. The molecule has 0 amide bonds. The normalized spacial score (nSPS) is 24.1. The van der Waals surface area contributed by atoms with Crippen LogP contribution in [0.1, 0.15) is 36.8 Å². The molecule has 0 aromatic heterocycles. The first-order chi connectivity index (χ1) is 8.20. The first-order valence-electron chi connectivity index (χ1n) is 6.34. The van der Waals surface area contributed by atoms with E-state index in [1.165, 1.54) is 12.0 Å². The molecule has 1 fully saturated rings. The molecular weight excluding hydrogens is 210 g/mol. The third-order valence-corrected chi connectivity index (χ3v) is 3.49. The van der Waals surface area contributed by atoms with Crippen LogP contribution in [0.25, 0.3) is 0 Å². The van der Waals surface area contributed by atoms with Crippen LogP contribution in [-0.4, -0.2) is 6.10 Å². The molecule has 2 unspecified atom stereocenters. The number of nitriles is 1. The predicted octanol–water partition coefficient (Wildman–Crippen LogP) is 3.76. The molecule has 1 aliphatic rings. The summed E-state index contributed by atoms with van der Waals surface area (Å²) in [5, 5.41) is 9.13. The van der Waals surface area contributed by atoms with Crippen molar-refractivity contribution >= 4 is 0 Å². The average Bonchev–Trinajstić information content (AvgIpc) is 2.34. The van der Waals surface area contributed by atoms with E-state index < -0.39 is 0 Å². The Morgan fingerprint density at radius 3 is 2.76 bits per heavy atom. The summed E-state index contributed by atoms with van der Waals surface area (Å²) in [6.07, 6.45) is 4.39. The van der Waals surface area contributed by atoms with E-state index in [1.54, 1.807) is 0 Å². The van der Waals surface area contributed by atoms with Gasteiger partial charge in [-0.25, -0.2) is 0 Å². The largest absolute Gasteiger partial charge is 0.489 e. The first kappa shape index (κ1) is 12.0. The SMILES string of the molecule is Cc1ccc(C)c(OC2CCCCC2C#N)c1. The molecule has 2 rings (SSSR count). The zero-order valence-electron chi connectivity index (χ0n) is 10.6. The van der Waals surface area contributed by atoms with Crippen molar-refractivity contribution in [1.29, 1.82) is 5.26 Å². The highest BCUT2D eigenvalue weighted by atomic mass is 16.5. The highest BCUT2D eigenvalue weighted by molar-refractivity contribution is 5.36. The summed E-state index contributed by atoms with van der Waals surface area (Å²) in [4.78, 5) is 0. The van der Waals surface area contributed by atoms with Gasteiger partial charge in [-0.15, -0.1) is 0 Å². The summed E-state index contributed by atoms with van der Waals surface area (Å²) >= 11 is 0. The molecule has 2 heteroatoms. The van der Waals surface area contributed by atoms with Crippen molar-refractivity contribution in [3.63, 3.8) is 0 Å². The molecular formula is C15H19NO. The van der Waals surface area contributed by atoms with Crippen LogP contribution in [0.4, 0.5) is 0 Å². The highest BCUT2D eigenvalue weighted by Crippen LogP contribution is 2.29. The van der Waals surface area contributed by atoms with Gasteiger partial charge < -0.3 is 4.74 Å². The number of nitrogens with zero attached hydrogens (tertiary/aromatic N) is 1. The van der Waals surface area contributed by atoms with Gasteiger partial charge in [0.25, 0.3) is 0 Å². The molecule has 0 N–H and O–H groups in total. The van der Waals surface area contributed by atoms with Crippen LogP contribution in [-0.2, 0) is 0 Å². The Labute approximate surface area is 103 Å². The van der Waals surface area contributed by atoms with Gasteiger partial charge in [-0.05, 0) is 50.3 Å². The van der Waals surface area contributed by atoms with E-state index in [1.807, 2.05) is 0 Å². The lowest BCUT2D eigenvalue weighted by molar-refractivity contribution is 0.119. The monoisotopic (exact) mass is 229 g/mol. The second-order valence-corrected chi connectivity index (χ2v) is 4.95. The molecule has 0 saturated heterocycles. The zero-order chi connectivity index (χ0) is 12.3. The molecule has 0 aliphatic heterocycles. The lowest BCUT2D eigenvalue weighted by Crippen LogP contribution is -2.29. The highest BCUT2D eigenvalue weighted by Gasteiger charge is 2.26. The van der Waals surface area contributed by atoms with Crippen LogP contribution in [0.15, 0.2) is 18.2 Å². The van der Waals surface area contributed by atoms with Gasteiger partial charge in [-0.3, -0.25) is 0 Å². The second-order valence-electron chi connectivity index (χ2n) is 4.95. The smallest absolute Gasteiger partial charge is 0.122 e. The van der Waals surface area contributed by atoms with Crippen LogP contribution in [0.5, 0.6) is 5.75 Å². The van der Waals surface area contributed by atoms with E-state index in [4.69, 9.17) is 10.00 Å². The quantitative estimate of drug-likeness (QED) is 0.773. The van der Waals surface area contributed by atoms with E-state index in [-0.39, 0.29) is 12.0 Å². The molecule has 17 heavy (non-hydrogen) atoms. The zero-order valence-corrected chi connectivity index (χ0v) is 10.6. The van der Waals surface area contributed by atoms with Crippen molar-refractivity contribution in [2.45, 2.75) is 45.6 Å². The van der Waals surface area contributed by atoms with E-state index in [0.29, 0.717) is 0 Å². The molecule has 1 aromatic carbocycles. The molecule has 1 aliphatic carbocycles. The molecule has 0 radical (unpaired) electrons. The summed E-state index contributed by atoms with van der Waals surface area (Å²) in [6.45, 7) is 4.12. The van der Waals surface area contributed by atoms with Crippen molar-refractivity contribution in [3.8, 4) is 11.8 Å². The van der Waals surface area contributed by atoms with Crippen molar-refractivity contribution in [2.24, 2.45) is 5.92 Å². The molecule has 0 heterocycles. The fourth-order valence-electron chi connectivity index (χ4n) is 2.38. The van der Waals surface area contributed by atoms with Gasteiger partial charge in [0.1, 0.15) is 11.9 Å². The van der Waals surface area contributed by atoms with E-state index in [2.05, 4.69) is 38.1 Å². The summed E-state index contributed by atoms with van der Waals surface area (Å²) in [6, 6.07) is 8.62. The minimum atomic E-state index is 0.0589. The summed E-state index contributed by atoms with van der Waals surface area (Å²) in [5.41, 5.74) is 2.35. The molecule has 1 aromatic rings. The van der Waals surface area contributed by atoms with Crippen LogP contribution < -0.4 is 4.74 Å². The molecule has 2 nitrogen and oxygen atoms in total. The Kier molecular flexibility index (Phi) is 3.68. The number of hydrogen-bond acceptors (Lipinski definition) is 2. The van der Waals surface area contributed by atoms with Crippen molar-refractivity contribution in [3.05, 3.63) is 29.3 Å². The van der Waals surface area contributed by atoms with Gasteiger partial charge in [0.2, 0.25) is 0 Å². The predicted molar refractivity (Wildman–Crippen MR) is 67.9 cm³/mol. The standard InChI is InChI=1S/C15H19NO/c1-11-7-8-12(2)15(9-11)17-14-6-4-3-5-13(14)10-16/h7-9,13-14H,3-6H2,1-2H3. The number of aryl methyl sites for hydroxylation is 2. The first-order valence-corrected chi connectivity index (χ1v) is 6.34. The second kappa shape index (κ2) is 5.23. The van der Waals surface area contributed by atoms with Crippen LogP contribution in [0.2, 0.25) is 0 Å². The number of hydrogen-bond donors (Lipinski definition) is 0. The topological polar surface area (TPSA) is 33.0 Å². The van der Waals surface area contributed by atoms with E-state index >= 15 is 0 Å². The van der Waals surface area contributed by atoms with E-state index in [9.17, 15) is 0 Å². The lowest BCUT2D eigenvalue weighted by atomic mass is 9.87. The number of ether oxygens (including phenoxy) is 1. The number of benzene rings is 1. The molecule has 1 saturated carbocycles. The van der Waals surface area contributed by atoms with Gasteiger partial charge in [0.05, 0.1) is 12.0 Å². The molecule has 2 atom stereocenters. The summed E-state index contributed by atoms with van der Waals surface area (Å²) < 4.78 is 6.05. The van der Waals surface area contributed by atoms with Gasteiger partial charge in [0.15, 0.2) is 0 Å². The third-order valence-electron chi connectivity index (χ3n) is 3.49. The molecule has 90 valence electrons. The Balaban J connectivity index is 2.14. The minimum Gasteiger partial charge on any atom is -0.489 e. The van der Waals surface area contributed by atoms with Crippen molar-refractivity contribution in [1.82, 2.24) is 0 Å².